The van der Waals surface area contributed by atoms with Gasteiger partial charge in [0.15, 0.2) is 0 Å². The third-order valence-electron chi connectivity index (χ3n) is 4.39. The van der Waals surface area contributed by atoms with Gasteiger partial charge in [-0.1, -0.05) is 22.0 Å². The van der Waals surface area contributed by atoms with Crippen LogP contribution < -0.4 is 16.0 Å². The molecule has 0 atom stereocenters. The van der Waals surface area contributed by atoms with E-state index < -0.39 is 0 Å². The van der Waals surface area contributed by atoms with Gasteiger partial charge >= 0.3 is 0 Å². The van der Waals surface area contributed by atoms with Crippen LogP contribution in [-0.2, 0) is 9.59 Å². The van der Waals surface area contributed by atoms with E-state index in [1.807, 2.05) is 25.1 Å². The van der Waals surface area contributed by atoms with E-state index in [2.05, 4.69) is 31.9 Å². The molecule has 1 saturated heterocycles. The molecule has 2 rings (SSSR count). The second kappa shape index (κ2) is 11.5. The Kier molecular flexibility index (Phi) is 10.1. The molecule has 0 aromatic heterocycles. The highest BCUT2D eigenvalue weighted by Crippen LogP contribution is 2.20. The Morgan fingerprint density at radius 1 is 1.20 bits per heavy atom. The smallest absolute Gasteiger partial charge is 0.226 e. The largest absolute Gasteiger partial charge is 0.356 e. The van der Waals surface area contributed by atoms with Crippen molar-refractivity contribution in [3.05, 3.63) is 28.2 Å². The van der Waals surface area contributed by atoms with Crippen LogP contribution in [-0.4, -0.2) is 31.4 Å². The summed E-state index contributed by atoms with van der Waals surface area (Å²) in [5, 5.41) is 9.05. The number of amides is 2. The average Bonchev–Trinajstić information content (AvgIpc) is 2.57. The maximum Gasteiger partial charge on any atom is 0.226 e. The van der Waals surface area contributed by atoms with Crippen molar-refractivity contribution in [1.29, 1.82) is 0 Å². The molecule has 1 heterocycles. The van der Waals surface area contributed by atoms with Gasteiger partial charge in [0.2, 0.25) is 11.8 Å². The summed E-state index contributed by atoms with van der Waals surface area (Å²) in [4.78, 5) is 23.8. The second-order valence-electron chi connectivity index (χ2n) is 6.34. The minimum Gasteiger partial charge on any atom is -0.356 e. The molecule has 0 aliphatic carbocycles. The molecule has 0 bridgehead atoms. The fraction of sp³-hybridized carbons (Fsp3) is 0.556. The van der Waals surface area contributed by atoms with Crippen molar-refractivity contribution >= 4 is 45.8 Å². The summed E-state index contributed by atoms with van der Waals surface area (Å²) < 4.78 is 0.926. The van der Waals surface area contributed by atoms with Gasteiger partial charge in [-0.3, -0.25) is 9.59 Å². The summed E-state index contributed by atoms with van der Waals surface area (Å²) >= 11 is 3.40. The van der Waals surface area contributed by atoms with E-state index in [-0.39, 0.29) is 30.6 Å². The van der Waals surface area contributed by atoms with Crippen LogP contribution >= 0.6 is 28.3 Å². The topological polar surface area (TPSA) is 70.2 Å². The maximum atomic E-state index is 12.0. The highest BCUT2D eigenvalue weighted by atomic mass is 79.9. The molecule has 3 N–H and O–H groups in total. The molecule has 7 heteroatoms. The zero-order valence-electron chi connectivity index (χ0n) is 14.6. The molecule has 25 heavy (non-hydrogen) atoms. The predicted octanol–water partition coefficient (Wildman–Crippen LogP) is 3.40. The summed E-state index contributed by atoms with van der Waals surface area (Å²) in [6.45, 7) is 4.44. The van der Waals surface area contributed by atoms with Crippen molar-refractivity contribution in [3.63, 3.8) is 0 Å². The maximum absolute atomic E-state index is 12.0. The SMILES string of the molecule is Cc1ccc(Br)cc1NC(=O)CCNC(=O)CCC1CCNCC1.Cl. The Balaban J connectivity index is 0.00000312. The van der Waals surface area contributed by atoms with E-state index in [0.717, 1.165) is 48.1 Å². The molecule has 1 fully saturated rings. The molecular formula is C18H27BrClN3O2. The lowest BCUT2D eigenvalue weighted by Gasteiger charge is -2.22. The number of benzene rings is 1. The molecule has 1 aliphatic rings. The Hall–Kier alpha value is -1.11. The monoisotopic (exact) mass is 431 g/mol. The number of hydrogen-bond acceptors (Lipinski definition) is 3. The van der Waals surface area contributed by atoms with Crippen molar-refractivity contribution in [2.24, 2.45) is 5.92 Å². The molecule has 0 unspecified atom stereocenters. The van der Waals surface area contributed by atoms with Gasteiger partial charge in [0, 0.05) is 29.5 Å². The minimum absolute atomic E-state index is 0. The number of piperidine rings is 1. The van der Waals surface area contributed by atoms with Gasteiger partial charge in [-0.05, 0) is 62.9 Å². The minimum atomic E-state index is -0.0881. The zero-order chi connectivity index (χ0) is 17.4. The lowest BCUT2D eigenvalue weighted by Crippen LogP contribution is -2.30. The molecule has 1 aromatic rings. The number of carbonyl (C=O) groups is 2. The summed E-state index contributed by atoms with van der Waals surface area (Å²) in [5.41, 5.74) is 1.81. The van der Waals surface area contributed by atoms with E-state index >= 15 is 0 Å². The van der Waals surface area contributed by atoms with Crippen LogP contribution in [0.2, 0.25) is 0 Å². The summed E-state index contributed by atoms with van der Waals surface area (Å²) in [6, 6.07) is 5.76. The first kappa shape index (κ1) is 21.9. The van der Waals surface area contributed by atoms with Gasteiger partial charge in [0.25, 0.3) is 0 Å². The second-order valence-corrected chi connectivity index (χ2v) is 7.26. The lowest BCUT2D eigenvalue weighted by molar-refractivity contribution is -0.121. The van der Waals surface area contributed by atoms with E-state index in [1.54, 1.807) is 0 Å². The molecule has 0 saturated carbocycles. The van der Waals surface area contributed by atoms with Crippen molar-refractivity contribution < 1.29 is 9.59 Å². The Morgan fingerprint density at radius 2 is 1.92 bits per heavy atom. The number of rotatable bonds is 7. The quantitative estimate of drug-likeness (QED) is 0.618. The van der Waals surface area contributed by atoms with E-state index in [9.17, 15) is 9.59 Å². The fourth-order valence-corrected chi connectivity index (χ4v) is 3.21. The van der Waals surface area contributed by atoms with Crippen LogP contribution in [0.15, 0.2) is 22.7 Å². The molecule has 0 spiro atoms. The number of hydrogen-bond donors (Lipinski definition) is 3. The van der Waals surface area contributed by atoms with Crippen molar-refractivity contribution in [2.75, 3.05) is 25.0 Å². The summed E-state index contributed by atoms with van der Waals surface area (Å²) in [7, 11) is 0. The van der Waals surface area contributed by atoms with E-state index in [0.29, 0.717) is 18.9 Å². The summed E-state index contributed by atoms with van der Waals surface area (Å²) in [5.74, 6) is 0.606. The first-order valence-corrected chi connectivity index (χ1v) is 9.37. The number of carbonyl (C=O) groups excluding carboxylic acids is 2. The molecule has 1 aliphatic heterocycles. The third-order valence-corrected chi connectivity index (χ3v) is 4.88. The van der Waals surface area contributed by atoms with Gasteiger partial charge < -0.3 is 16.0 Å². The van der Waals surface area contributed by atoms with E-state index in [4.69, 9.17) is 0 Å². The van der Waals surface area contributed by atoms with E-state index in [1.165, 1.54) is 0 Å². The van der Waals surface area contributed by atoms with Gasteiger partial charge in [-0.25, -0.2) is 0 Å². The van der Waals surface area contributed by atoms with Crippen LogP contribution in [0.3, 0.4) is 0 Å². The number of nitrogens with one attached hydrogen (secondary N) is 3. The van der Waals surface area contributed by atoms with Gasteiger partial charge in [0.05, 0.1) is 0 Å². The molecule has 0 radical (unpaired) electrons. The summed E-state index contributed by atoms with van der Waals surface area (Å²) in [6.07, 6.45) is 4.09. The first-order chi connectivity index (χ1) is 11.5. The van der Waals surface area contributed by atoms with Crippen LogP contribution in [0.4, 0.5) is 5.69 Å². The van der Waals surface area contributed by atoms with Crippen molar-refractivity contribution in [3.8, 4) is 0 Å². The molecule has 140 valence electrons. The van der Waals surface area contributed by atoms with Crippen LogP contribution in [0.1, 0.15) is 37.7 Å². The Bertz CT molecular complexity index is 577. The first-order valence-electron chi connectivity index (χ1n) is 8.58. The fourth-order valence-electron chi connectivity index (χ4n) is 2.85. The normalized spacial score (nSPS) is 14.5. The molecule has 2 amide bonds. The predicted molar refractivity (Wildman–Crippen MR) is 107 cm³/mol. The number of anilines is 1. The molecular weight excluding hydrogens is 406 g/mol. The highest BCUT2D eigenvalue weighted by molar-refractivity contribution is 9.10. The number of aryl methyl sites for hydroxylation is 1. The zero-order valence-corrected chi connectivity index (χ0v) is 17.0. The standard InChI is InChI=1S/C18H26BrN3O2.ClH/c1-13-2-4-15(19)12-16(13)22-18(24)8-11-21-17(23)5-3-14-6-9-20-10-7-14;/h2,4,12,14,20H,3,5-11H2,1H3,(H,21,23)(H,22,24);1H. The van der Waals surface area contributed by atoms with Gasteiger partial charge in [-0.15, -0.1) is 12.4 Å². The Labute approximate surface area is 164 Å². The van der Waals surface area contributed by atoms with Gasteiger partial charge in [-0.2, -0.15) is 0 Å². The number of halogens is 2. The van der Waals surface area contributed by atoms with Crippen LogP contribution in [0, 0.1) is 12.8 Å². The van der Waals surface area contributed by atoms with Crippen LogP contribution in [0.5, 0.6) is 0 Å². The molecule has 5 nitrogen and oxygen atoms in total. The highest BCUT2D eigenvalue weighted by Gasteiger charge is 2.14. The third kappa shape index (κ3) is 8.21. The molecule has 1 aromatic carbocycles. The van der Waals surface area contributed by atoms with Gasteiger partial charge in [0.1, 0.15) is 0 Å². The van der Waals surface area contributed by atoms with Crippen LogP contribution in [0.25, 0.3) is 0 Å². The van der Waals surface area contributed by atoms with Crippen molar-refractivity contribution in [1.82, 2.24) is 10.6 Å². The average molecular weight is 433 g/mol. The van der Waals surface area contributed by atoms with Crippen molar-refractivity contribution in [2.45, 2.75) is 39.0 Å². The lowest BCUT2D eigenvalue weighted by atomic mass is 9.93. The Morgan fingerprint density at radius 3 is 2.64 bits per heavy atom.